The highest BCUT2D eigenvalue weighted by Gasteiger charge is 2.25. The molecule has 8 nitrogen and oxygen atoms in total. The number of carbonyl (C=O) groups is 1. The molecule has 0 fully saturated rings. The van der Waals surface area contributed by atoms with Crippen LogP contribution in [0.15, 0.2) is 45.9 Å². The second kappa shape index (κ2) is 9.15. The van der Waals surface area contributed by atoms with Gasteiger partial charge in [-0.05, 0) is 32.9 Å². The summed E-state index contributed by atoms with van der Waals surface area (Å²) >= 11 is 0. The lowest BCUT2D eigenvalue weighted by Gasteiger charge is -2.20. The molecule has 0 saturated heterocycles. The van der Waals surface area contributed by atoms with Crippen LogP contribution in [0, 0.1) is 17.5 Å². The third-order valence-electron chi connectivity index (χ3n) is 5.43. The minimum absolute atomic E-state index is 0.124. The monoisotopic (exact) mass is 501 g/mol. The topological polar surface area (TPSA) is 107 Å². The first-order valence-corrected chi connectivity index (χ1v) is 10.9. The predicted molar refractivity (Wildman–Crippen MR) is 124 cm³/mol. The smallest absolute Gasteiger partial charge is 0.293 e. The number of rotatable bonds is 6. The average Bonchev–Trinajstić information content (AvgIpc) is 3.24. The summed E-state index contributed by atoms with van der Waals surface area (Å²) in [5.41, 5.74) is -1.33. The lowest BCUT2D eigenvalue weighted by atomic mass is 9.96. The lowest BCUT2D eigenvalue weighted by molar-refractivity contribution is 0.0781. The number of nitrogens with zero attached hydrogens (tertiary/aromatic N) is 2. The number of hydrogen-bond acceptors (Lipinski definition) is 6. The number of halogens is 3. The SMILES string of the molecule is CCNC(=O)c1cc2c(-c3cc(C(C)(C)O)cnc3Oc3c(F)cc(F)cc3F)cn(C)c(=O)c2o1. The number of amides is 1. The Morgan fingerprint density at radius 3 is 2.44 bits per heavy atom. The van der Waals surface area contributed by atoms with Gasteiger partial charge in [-0.2, -0.15) is 0 Å². The molecule has 11 heteroatoms. The van der Waals surface area contributed by atoms with Gasteiger partial charge in [0.2, 0.25) is 17.2 Å². The number of fused-ring (bicyclic) bond motifs is 1. The minimum Gasteiger partial charge on any atom is -0.445 e. The van der Waals surface area contributed by atoms with E-state index in [1.54, 1.807) is 6.92 Å². The van der Waals surface area contributed by atoms with Gasteiger partial charge in [-0.25, -0.2) is 18.2 Å². The molecule has 0 saturated carbocycles. The summed E-state index contributed by atoms with van der Waals surface area (Å²) in [6, 6.07) is 3.75. The zero-order valence-electron chi connectivity index (χ0n) is 19.8. The van der Waals surface area contributed by atoms with Gasteiger partial charge in [0.15, 0.2) is 17.4 Å². The maximum atomic E-state index is 14.4. The molecule has 0 bridgehead atoms. The molecule has 1 aromatic carbocycles. The van der Waals surface area contributed by atoms with Gasteiger partial charge in [-0.1, -0.05) is 0 Å². The van der Waals surface area contributed by atoms with Crippen molar-refractivity contribution in [1.29, 1.82) is 0 Å². The van der Waals surface area contributed by atoms with Crippen LogP contribution in [0.4, 0.5) is 13.2 Å². The van der Waals surface area contributed by atoms with Gasteiger partial charge >= 0.3 is 0 Å². The van der Waals surface area contributed by atoms with Crippen LogP contribution in [0.1, 0.15) is 36.9 Å². The van der Waals surface area contributed by atoms with E-state index in [0.29, 0.717) is 24.2 Å². The Kier molecular flexibility index (Phi) is 6.35. The van der Waals surface area contributed by atoms with Crippen molar-refractivity contribution in [3.8, 4) is 22.8 Å². The number of ether oxygens (including phenoxy) is 1. The van der Waals surface area contributed by atoms with Crippen molar-refractivity contribution < 1.29 is 32.2 Å². The molecular weight excluding hydrogens is 479 g/mol. The third-order valence-corrected chi connectivity index (χ3v) is 5.43. The second-order valence-corrected chi connectivity index (χ2v) is 8.61. The van der Waals surface area contributed by atoms with E-state index in [1.165, 1.54) is 50.0 Å². The molecule has 0 atom stereocenters. The first kappa shape index (κ1) is 25.0. The van der Waals surface area contributed by atoms with Crippen molar-refractivity contribution in [3.05, 3.63) is 75.8 Å². The lowest BCUT2D eigenvalue weighted by Crippen LogP contribution is -2.22. The normalized spacial score (nSPS) is 11.7. The Bertz CT molecular complexity index is 1530. The predicted octanol–water partition coefficient (Wildman–Crippen LogP) is 4.38. The number of nitrogens with one attached hydrogen (secondary N) is 1. The molecule has 0 unspecified atom stereocenters. The highest BCUT2D eigenvalue weighted by molar-refractivity contribution is 6.01. The maximum absolute atomic E-state index is 14.4. The number of aliphatic hydroxyl groups is 1. The Labute approximate surface area is 203 Å². The molecule has 1 amide bonds. The van der Waals surface area contributed by atoms with Crippen molar-refractivity contribution >= 4 is 16.9 Å². The highest BCUT2D eigenvalue weighted by atomic mass is 19.1. The molecule has 2 N–H and O–H groups in total. The summed E-state index contributed by atoms with van der Waals surface area (Å²) in [6.07, 6.45) is 2.67. The molecule has 4 aromatic rings. The zero-order chi connectivity index (χ0) is 26.4. The molecule has 3 heterocycles. The first-order valence-electron chi connectivity index (χ1n) is 10.9. The van der Waals surface area contributed by atoms with E-state index in [1.807, 2.05) is 0 Å². The van der Waals surface area contributed by atoms with Gasteiger partial charge in [0.1, 0.15) is 5.82 Å². The largest absolute Gasteiger partial charge is 0.445 e. The summed E-state index contributed by atoms with van der Waals surface area (Å²) < 4.78 is 54.3. The van der Waals surface area contributed by atoms with Crippen molar-refractivity contribution in [3.63, 3.8) is 0 Å². The second-order valence-electron chi connectivity index (χ2n) is 8.61. The number of furan rings is 1. The highest BCUT2D eigenvalue weighted by Crippen LogP contribution is 2.39. The van der Waals surface area contributed by atoms with Gasteiger partial charge in [-0.3, -0.25) is 9.59 Å². The van der Waals surface area contributed by atoms with Crippen LogP contribution in [0.2, 0.25) is 0 Å². The van der Waals surface area contributed by atoms with Crippen LogP contribution in [-0.4, -0.2) is 27.1 Å². The quantitative estimate of drug-likeness (QED) is 0.406. The molecule has 4 rings (SSSR count). The fraction of sp³-hybridized carbons (Fsp3) is 0.240. The van der Waals surface area contributed by atoms with Crippen molar-refractivity contribution in [2.45, 2.75) is 26.4 Å². The number of carbonyl (C=O) groups excluding carboxylic acids is 1. The fourth-order valence-corrected chi connectivity index (χ4v) is 3.59. The van der Waals surface area contributed by atoms with E-state index in [4.69, 9.17) is 9.15 Å². The van der Waals surface area contributed by atoms with Gasteiger partial charge < -0.3 is 24.1 Å². The van der Waals surface area contributed by atoms with E-state index in [0.717, 1.165) is 0 Å². The van der Waals surface area contributed by atoms with E-state index < -0.39 is 40.3 Å². The van der Waals surface area contributed by atoms with Crippen LogP contribution < -0.4 is 15.6 Å². The molecule has 0 aliphatic heterocycles. The Balaban J connectivity index is 2.00. The molecule has 0 radical (unpaired) electrons. The molecule has 0 aliphatic carbocycles. The van der Waals surface area contributed by atoms with E-state index in [-0.39, 0.29) is 33.7 Å². The third kappa shape index (κ3) is 4.57. The summed E-state index contributed by atoms with van der Waals surface area (Å²) in [5.74, 6) is -5.57. The summed E-state index contributed by atoms with van der Waals surface area (Å²) in [5, 5.41) is 13.3. The van der Waals surface area contributed by atoms with Gasteiger partial charge in [0.05, 0.1) is 5.60 Å². The first-order chi connectivity index (χ1) is 16.9. The molecule has 3 aromatic heterocycles. The summed E-state index contributed by atoms with van der Waals surface area (Å²) in [7, 11) is 1.45. The Hall–Kier alpha value is -4.12. The van der Waals surface area contributed by atoms with Crippen LogP contribution >= 0.6 is 0 Å². The van der Waals surface area contributed by atoms with Gasteiger partial charge in [-0.15, -0.1) is 0 Å². The molecule has 0 aliphatic rings. The average molecular weight is 501 g/mol. The van der Waals surface area contributed by atoms with Crippen molar-refractivity contribution in [2.75, 3.05) is 6.54 Å². The van der Waals surface area contributed by atoms with Crippen LogP contribution in [0.3, 0.4) is 0 Å². The molecule has 36 heavy (non-hydrogen) atoms. The molecule has 188 valence electrons. The Morgan fingerprint density at radius 2 is 1.83 bits per heavy atom. The Morgan fingerprint density at radius 1 is 1.17 bits per heavy atom. The number of pyridine rings is 2. The van der Waals surface area contributed by atoms with Crippen molar-refractivity contribution in [1.82, 2.24) is 14.9 Å². The number of aryl methyl sites for hydroxylation is 1. The van der Waals surface area contributed by atoms with E-state index in [9.17, 15) is 27.9 Å². The molecular formula is C25H22F3N3O5. The van der Waals surface area contributed by atoms with Gasteiger partial charge in [0, 0.05) is 60.2 Å². The number of aromatic nitrogens is 2. The van der Waals surface area contributed by atoms with Crippen molar-refractivity contribution in [2.24, 2.45) is 7.05 Å². The standard InChI is InChI=1S/C25H22F3N3O5/c1-5-29-22(32)19-9-14-16(11-31(4)24(33)20(14)35-19)15-6-12(25(2,3)34)10-30-23(15)36-21-17(27)7-13(26)8-18(21)28/h6-11,34H,5H2,1-4H3,(H,29,32). The van der Waals surface area contributed by atoms with Crippen LogP contribution in [0.25, 0.3) is 22.1 Å². The molecule has 0 spiro atoms. The number of benzene rings is 1. The van der Waals surface area contributed by atoms with E-state index >= 15 is 0 Å². The summed E-state index contributed by atoms with van der Waals surface area (Å²) in [6.45, 7) is 5.06. The van der Waals surface area contributed by atoms with Gasteiger partial charge in [0.25, 0.3) is 11.5 Å². The van der Waals surface area contributed by atoms with Crippen LogP contribution in [-0.2, 0) is 12.6 Å². The fourth-order valence-electron chi connectivity index (χ4n) is 3.59. The van der Waals surface area contributed by atoms with E-state index in [2.05, 4.69) is 10.3 Å². The minimum atomic E-state index is -1.37. The van der Waals surface area contributed by atoms with Crippen LogP contribution in [0.5, 0.6) is 11.6 Å². The zero-order valence-corrected chi connectivity index (χ0v) is 19.8. The summed E-state index contributed by atoms with van der Waals surface area (Å²) in [4.78, 5) is 29.2. The number of hydrogen-bond donors (Lipinski definition) is 2. The maximum Gasteiger partial charge on any atom is 0.293 e.